The summed E-state index contributed by atoms with van der Waals surface area (Å²) in [5, 5.41) is 8.44. The fourth-order valence-electron chi connectivity index (χ4n) is 2.39. The molecule has 122 valence electrons. The Labute approximate surface area is 145 Å². The largest absolute Gasteiger partial charge is 0.465 e. The molecule has 0 amide bonds. The van der Waals surface area contributed by atoms with E-state index in [2.05, 4.69) is 6.07 Å². The van der Waals surface area contributed by atoms with E-state index in [4.69, 9.17) is 16.3 Å². The van der Waals surface area contributed by atoms with Crippen molar-refractivity contribution >= 4 is 22.8 Å². The van der Waals surface area contributed by atoms with Gasteiger partial charge >= 0.3 is 5.97 Å². The first-order valence-electron chi connectivity index (χ1n) is 7.51. The number of hydrogen-bond donors (Lipinski definition) is 0. The van der Waals surface area contributed by atoms with Crippen LogP contribution in [0.15, 0.2) is 48.5 Å². The van der Waals surface area contributed by atoms with Crippen molar-refractivity contribution in [3.8, 4) is 17.2 Å². The number of halogens is 1. The van der Waals surface area contributed by atoms with Crippen LogP contribution in [0.5, 0.6) is 0 Å². The van der Waals surface area contributed by atoms with E-state index in [1.54, 1.807) is 13.0 Å². The van der Waals surface area contributed by atoms with Crippen LogP contribution < -0.4 is 0 Å². The molecule has 24 heavy (non-hydrogen) atoms. The smallest absolute Gasteiger partial charge is 0.318 e. The van der Waals surface area contributed by atoms with Crippen molar-refractivity contribution in [3.63, 3.8) is 0 Å². The quantitative estimate of drug-likeness (QED) is 0.456. The van der Waals surface area contributed by atoms with Crippen molar-refractivity contribution < 1.29 is 14.3 Å². The molecule has 0 aromatic heterocycles. The molecule has 2 aromatic carbocycles. The third kappa shape index (κ3) is 4.21. The van der Waals surface area contributed by atoms with Gasteiger partial charge in [0.25, 0.3) is 0 Å². The maximum Gasteiger partial charge on any atom is 0.318 e. The van der Waals surface area contributed by atoms with Gasteiger partial charge in [-0.15, -0.1) is 0 Å². The zero-order chi connectivity index (χ0) is 17.5. The molecule has 2 rings (SSSR count). The minimum atomic E-state index is -1.01. The molecule has 0 spiro atoms. The Kier molecular flexibility index (Phi) is 6.11. The van der Waals surface area contributed by atoms with E-state index >= 15 is 0 Å². The van der Waals surface area contributed by atoms with Crippen LogP contribution in [0, 0.1) is 17.2 Å². The van der Waals surface area contributed by atoms with Crippen molar-refractivity contribution in [2.45, 2.75) is 13.3 Å². The Morgan fingerprint density at radius 1 is 1.17 bits per heavy atom. The average Bonchev–Trinajstić information content (AvgIpc) is 2.60. The molecule has 0 aliphatic heterocycles. The van der Waals surface area contributed by atoms with Crippen LogP contribution in [0.1, 0.15) is 18.1 Å². The Morgan fingerprint density at radius 2 is 1.83 bits per heavy atom. The maximum absolute atomic E-state index is 11.8. The molecular weight excluding hydrogens is 326 g/mol. The Morgan fingerprint density at radius 3 is 2.42 bits per heavy atom. The molecule has 0 aliphatic carbocycles. The van der Waals surface area contributed by atoms with E-state index in [0.717, 1.165) is 16.7 Å². The fraction of sp³-hybridized carbons (Fsp3) is 0.211. The predicted molar refractivity (Wildman–Crippen MR) is 91.3 cm³/mol. The summed E-state index contributed by atoms with van der Waals surface area (Å²) in [6, 6.07) is 16.8. The van der Waals surface area contributed by atoms with E-state index in [1.807, 2.05) is 42.5 Å². The van der Waals surface area contributed by atoms with Gasteiger partial charge in [-0.05, 0) is 47.7 Å². The molecule has 0 bridgehead atoms. The predicted octanol–water partition coefficient (Wildman–Crippen LogP) is 3.71. The highest BCUT2D eigenvalue weighted by atomic mass is 35.5. The van der Waals surface area contributed by atoms with Crippen LogP contribution >= 0.6 is 11.6 Å². The molecular formula is C19H16ClNO3. The monoisotopic (exact) mass is 341 g/mol. The van der Waals surface area contributed by atoms with Gasteiger partial charge in [0.1, 0.15) is 5.92 Å². The third-order valence-corrected chi connectivity index (χ3v) is 3.86. The number of benzene rings is 2. The van der Waals surface area contributed by atoms with Gasteiger partial charge in [0.05, 0.1) is 18.2 Å². The lowest BCUT2D eigenvalue weighted by molar-refractivity contribution is -0.149. The Bertz CT molecular complexity index is 778. The second-order valence-corrected chi connectivity index (χ2v) is 5.54. The highest BCUT2D eigenvalue weighted by molar-refractivity contribution is 6.65. The maximum atomic E-state index is 11.8. The second-order valence-electron chi connectivity index (χ2n) is 5.17. The van der Waals surface area contributed by atoms with Gasteiger partial charge in [0, 0.05) is 0 Å². The third-order valence-electron chi connectivity index (χ3n) is 3.60. The molecule has 0 saturated heterocycles. The zero-order valence-electron chi connectivity index (χ0n) is 13.2. The van der Waals surface area contributed by atoms with Crippen LogP contribution in [-0.4, -0.2) is 17.8 Å². The lowest BCUT2D eigenvalue weighted by atomic mass is 9.96. The highest BCUT2D eigenvalue weighted by Gasteiger charge is 2.26. The van der Waals surface area contributed by atoms with Crippen LogP contribution in [0.25, 0.3) is 11.1 Å². The van der Waals surface area contributed by atoms with Crippen molar-refractivity contribution in [2.75, 3.05) is 6.61 Å². The summed E-state index contributed by atoms with van der Waals surface area (Å²) in [6.07, 6.45) is 0.182. The molecule has 1 unspecified atom stereocenters. The molecule has 0 radical (unpaired) electrons. The van der Waals surface area contributed by atoms with Crippen molar-refractivity contribution in [1.82, 2.24) is 0 Å². The Hall–Kier alpha value is -2.64. The van der Waals surface area contributed by atoms with Gasteiger partial charge in [0.2, 0.25) is 5.24 Å². The van der Waals surface area contributed by atoms with Crippen LogP contribution in [0.3, 0.4) is 0 Å². The lowest BCUT2D eigenvalue weighted by Crippen LogP contribution is -2.25. The summed E-state index contributed by atoms with van der Waals surface area (Å²) in [7, 11) is 0. The van der Waals surface area contributed by atoms with Gasteiger partial charge in [-0.25, -0.2) is 0 Å². The van der Waals surface area contributed by atoms with Crippen LogP contribution in [0.4, 0.5) is 0 Å². The molecule has 0 saturated carbocycles. The Balaban J connectivity index is 2.21. The summed E-state index contributed by atoms with van der Waals surface area (Å²) >= 11 is 5.52. The molecule has 0 N–H and O–H groups in total. The molecule has 0 heterocycles. The lowest BCUT2D eigenvalue weighted by Gasteiger charge is -2.12. The molecule has 1 atom stereocenters. The first kappa shape index (κ1) is 17.7. The number of carbonyl (C=O) groups excluding carboxylic acids is 2. The summed E-state index contributed by atoms with van der Waals surface area (Å²) in [5.74, 6) is -1.62. The standard InChI is InChI=1S/C19H16ClNO3/c1-2-24-19(23)17(18(20)22)11-13-7-9-14(10-8-13)16-6-4-3-5-15(16)12-21/h3-10,17H,2,11H2,1H3. The van der Waals surface area contributed by atoms with Gasteiger partial charge in [-0.1, -0.05) is 42.5 Å². The number of nitrogens with zero attached hydrogens (tertiary/aromatic N) is 1. The molecule has 4 nitrogen and oxygen atoms in total. The minimum Gasteiger partial charge on any atom is -0.465 e. The number of ether oxygens (including phenoxy) is 1. The first-order chi connectivity index (χ1) is 11.6. The summed E-state index contributed by atoms with van der Waals surface area (Å²) in [6.45, 7) is 1.87. The number of hydrogen-bond acceptors (Lipinski definition) is 4. The normalized spacial score (nSPS) is 11.4. The van der Waals surface area contributed by atoms with E-state index < -0.39 is 17.1 Å². The van der Waals surface area contributed by atoms with Crippen molar-refractivity contribution in [3.05, 3.63) is 59.7 Å². The van der Waals surface area contributed by atoms with Gasteiger partial charge in [0.15, 0.2) is 0 Å². The van der Waals surface area contributed by atoms with E-state index in [1.165, 1.54) is 0 Å². The molecule has 5 heteroatoms. The number of nitriles is 1. The van der Waals surface area contributed by atoms with Gasteiger partial charge in [-0.2, -0.15) is 5.26 Å². The summed E-state index contributed by atoms with van der Waals surface area (Å²) in [5.41, 5.74) is 3.11. The summed E-state index contributed by atoms with van der Waals surface area (Å²) < 4.78 is 4.88. The van der Waals surface area contributed by atoms with Crippen LogP contribution in [0.2, 0.25) is 0 Å². The topological polar surface area (TPSA) is 67.2 Å². The average molecular weight is 342 g/mol. The van der Waals surface area contributed by atoms with Gasteiger partial charge in [-0.3, -0.25) is 9.59 Å². The molecule has 2 aromatic rings. The molecule has 0 fully saturated rings. The minimum absolute atomic E-state index is 0.182. The highest BCUT2D eigenvalue weighted by Crippen LogP contribution is 2.24. The first-order valence-corrected chi connectivity index (χ1v) is 7.89. The van der Waals surface area contributed by atoms with E-state index in [9.17, 15) is 14.9 Å². The zero-order valence-corrected chi connectivity index (χ0v) is 13.9. The van der Waals surface area contributed by atoms with Crippen molar-refractivity contribution in [1.29, 1.82) is 5.26 Å². The fourth-order valence-corrected chi connectivity index (χ4v) is 2.55. The van der Waals surface area contributed by atoms with E-state index in [-0.39, 0.29) is 13.0 Å². The number of carbonyl (C=O) groups is 2. The molecule has 0 aliphatic rings. The number of esters is 1. The number of rotatable bonds is 6. The summed E-state index contributed by atoms with van der Waals surface area (Å²) in [4.78, 5) is 23.3. The SMILES string of the molecule is CCOC(=O)C(Cc1ccc(-c2ccccc2C#N)cc1)C(=O)Cl. The van der Waals surface area contributed by atoms with Crippen molar-refractivity contribution in [2.24, 2.45) is 5.92 Å². The van der Waals surface area contributed by atoms with E-state index in [0.29, 0.717) is 5.56 Å². The van der Waals surface area contributed by atoms with Gasteiger partial charge < -0.3 is 4.74 Å². The van der Waals surface area contributed by atoms with Crippen LogP contribution in [-0.2, 0) is 20.7 Å². The second kappa shape index (κ2) is 8.28.